The molecule has 0 fully saturated rings. The van der Waals surface area contributed by atoms with Gasteiger partial charge in [-0.2, -0.15) is 0 Å². The van der Waals surface area contributed by atoms with Gasteiger partial charge in [-0.15, -0.1) is 0 Å². The van der Waals surface area contributed by atoms with Crippen molar-refractivity contribution in [2.24, 2.45) is 0 Å². The third-order valence-corrected chi connectivity index (χ3v) is 9.54. The first-order valence-corrected chi connectivity index (χ1v) is 16.3. The predicted octanol–water partition coefficient (Wildman–Crippen LogP) is 6.04. The van der Waals surface area contributed by atoms with Gasteiger partial charge in [0, 0.05) is 24.0 Å². The maximum Gasteiger partial charge on any atom is 0.264 e. The Bertz CT molecular complexity index is 1640. The number of aryl methyl sites for hydroxylation is 2. The Kier molecular flexibility index (Phi) is 10.8. The van der Waals surface area contributed by atoms with Crippen molar-refractivity contribution in [1.82, 2.24) is 10.2 Å². The number of carbonyl (C=O) groups is 2. The number of benzene rings is 4. The van der Waals surface area contributed by atoms with Crippen molar-refractivity contribution in [3.63, 3.8) is 0 Å². The Morgan fingerprint density at radius 1 is 0.837 bits per heavy atom. The van der Waals surface area contributed by atoms with E-state index in [1.807, 2.05) is 75.4 Å². The minimum Gasteiger partial charge on any atom is -0.355 e. The van der Waals surface area contributed by atoms with Crippen molar-refractivity contribution in [3.8, 4) is 0 Å². The van der Waals surface area contributed by atoms with Gasteiger partial charge < -0.3 is 10.2 Å². The van der Waals surface area contributed by atoms with Crippen LogP contribution in [0.15, 0.2) is 112 Å². The number of carbonyl (C=O) groups excluding carboxylic acids is 2. The quantitative estimate of drug-likeness (QED) is 0.201. The number of hydrogen-bond acceptors (Lipinski definition) is 4. The molecule has 224 valence electrons. The summed E-state index contributed by atoms with van der Waals surface area (Å²) < 4.78 is 30.0. The third-order valence-electron chi connectivity index (χ3n) is 7.23. The van der Waals surface area contributed by atoms with Crippen molar-refractivity contribution in [2.75, 3.05) is 17.4 Å². The van der Waals surface area contributed by atoms with Crippen molar-refractivity contribution < 1.29 is 18.0 Å². The molecule has 0 spiro atoms. The number of likely N-dealkylation sites (N-methyl/N-ethyl adjacent to an activating group) is 1. The number of anilines is 1. The molecule has 0 aromatic heterocycles. The van der Waals surface area contributed by atoms with E-state index in [4.69, 9.17) is 0 Å². The first-order chi connectivity index (χ1) is 20.6. The molecule has 2 amide bonds. The average molecular weight is 663 g/mol. The summed E-state index contributed by atoms with van der Waals surface area (Å²) in [5.41, 5.74) is 3.98. The molecule has 9 heteroatoms. The van der Waals surface area contributed by atoms with Gasteiger partial charge in [0.1, 0.15) is 12.6 Å². The van der Waals surface area contributed by atoms with Crippen LogP contribution in [-0.2, 0) is 32.6 Å². The van der Waals surface area contributed by atoms with E-state index in [9.17, 15) is 18.0 Å². The van der Waals surface area contributed by atoms with E-state index in [1.54, 1.807) is 48.5 Å². The number of rotatable bonds is 12. The maximum absolute atomic E-state index is 14.4. The number of hydrogen-bond donors (Lipinski definition) is 1. The first-order valence-electron chi connectivity index (χ1n) is 14.1. The van der Waals surface area contributed by atoms with Crippen LogP contribution >= 0.6 is 15.9 Å². The van der Waals surface area contributed by atoms with Crippen molar-refractivity contribution in [3.05, 3.63) is 130 Å². The van der Waals surface area contributed by atoms with Crippen LogP contribution in [0.5, 0.6) is 0 Å². The Hall–Kier alpha value is -3.95. The Balaban J connectivity index is 1.80. The summed E-state index contributed by atoms with van der Waals surface area (Å²) in [5, 5.41) is 2.88. The van der Waals surface area contributed by atoms with Gasteiger partial charge in [0.05, 0.1) is 10.6 Å². The van der Waals surface area contributed by atoms with Gasteiger partial charge in [0.15, 0.2) is 0 Å². The molecule has 4 aromatic carbocycles. The van der Waals surface area contributed by atoms with Gasteiger partial charge in [0.25, 0.3) is 10.0 Å². The molecule has 0 saturated carbocycles. The highest BCUT2D eigenvalue weighted by molar-refractivity contribution is 9.10. The molecule has 0 unspecified atom stereocenters. The lowest BCUT2D eigenvalue weighted by atomic mass is 10.0. The van der Waals surface area contributed by atoms with Crippen LogP contribution in [0.1, 0.15) is 29.2 Å². The zero-order valence-electron chi connectivity index (χ0n) is 24.5. The highest BCUT2D eigenvalue weighted by atomic mass is 79.9. The van der Waals surface area contributed by atoms with E-state index in [-0.39, 0.29) is 23.8 Å². The summed E-state index contributed by atoms with van der Waals surface area (Å²) in [6.45, 7) is 5.70. The molecule has 1 atom stereocenters. The Labute approximate surface area is 262 Å². The van der Waals surface area contributed by atoms with Crippen molar-refractivity contribution in [1.29, 1.82) is 0 Å². The fraction of sp³-hybridized carbons (Fsp3) is 0.235. The number of nitrogens with zero attached hydrogens (tertiary/aromatic N) is 2. The molecule has 0 radical (unpaired) electrons. The van der Waals surface area contributed by atoms with Crippen LogP contribution in [0.3, 0.4) is 0 Å². The largest absolute Gasteiger partial charge is 0.355 e. The van der Waals surface area contributed by atoms with Crippen LogP contribution in [0.4, 0.5) is 5.69 Å². The molecule has 0 aliphatic heterocycles. The Morgan fingerprint density at radius 3 is 2.09 bits per heavy atom. The topological polar surface area (TPSA) is 86.8 Å². The van der Waals surface area contributed by atoms with Crippen LogP contribution < -0.4 is 9.62 Å². The molecule has 0 saturated heterocycles. The van der Waals surface area contributed by atoms with Gasteiger partial charge in [-0.3, -0.25) is 13.9 Å². The summed E-state index contributed by atoms with van der Waals surface area (Å²) >= 11 is 3.41. The zero-order valence-corrected chi connectivity index (χ0v) is 26.9. The lowest BCUT2D eigenvalue weighted by molar-refractivity contribution is -0.140. The normalized spacial score (nSPS) is 11.9. The lowest BCUT2D eigenvalue weighted by Crippen LogP contribution is -2.53. The molecule has 0 aliphatic carbocycles. The standard InChI is InChI=1S/C34H36BrN3O4S/c1-4-36-34(40)32(22-27-11-6-5-7-12-27)37(23-28-13-9-8-10-26(28)3)33(39)24-38(30-18-16-29(35)17-19-30)43(41,42)31-20-14-25(2)15-21-31/h5-21,32H,4,22-24H2,1-3H3,(H,36,40)/t32-/m0/s1. The zero-order chi connectivity index (χ0) is 31.0. The van der Waals surface area contributed by atoms with E-state index in [1.165, 1.54) is 4.90 Å². The molecule has 1 N–H and O–H groups in total. The second kappa shape index (κ2) is 14.5. The number of halogens is 1. The lowest BCUT2D eigenvalue weighted by Gasteiger charge is -2.34. The monoisotopic (exact) mass is 661 g/mol. The first kappa shape index (κ1) is 32.0. The average Bonchev–Trinajstić information content (AvgIpc) is 3.00. The molecule has 4 aromatic rings. The van der Waals surface area contributed by atoms with Crippen LogP contribution in [0.25, 0.3) is 0 Å². The maximum atomic E-state index is 14.4. The summed E-state index contributed by atoms with van der Waals surface area (Å²) in [4.78, 5) is 29.6. The number of amides is 2. The molecular formula is C34H36BrN3O4S. The van der Waals surface area contributed by atoms with Crippen LogP contribution in [0.2, 0.25) is 0 Å². The minimum atomic E-state index is -4.14. The second-order valence-electron chi connectivity index (χ2n) is 10.3. The van der Waals surface area contributed by atoms with Crippen molar-refractivity contribution in [2.45, 2.75) is 44.7 Å². The fourth-order valence-corrected chi connectivity index (χ4v) is 6.47. The predicted molar refractivity (Wildman–Crippen MR) is 174 cm³/mol. The number of sulfonamides is 1. The smallest absolute Gasteiger partial charge is 0.264 e. The summed E-state index contributed by atoms with van der Waals surface area (Å²) in [7, 11) is -4.14. The fourth-order valence-electron chi connectivity index (χ4n) is 4.79. The Morgan fingerprint density at radius 2 is 1.47 bits per heavy atom. The van der Waals surface area contributed by atoms with Gasteiger partial charge in [-0.1, -0.05) is 88.2 Å². The second-order valence-corrected chi connectivity index (χ2v) is 13.1. The SMILES string of the molecule is CCNC(=O)[C@H](Cc1ccccc1)N(Cc1ccccc1C)C(=O)CN(c1ccc(Br)cc1)S(=O)(=O)c1ccc(C)cc1. The summed E-state index contributed by atoms with van der Waals surface area (Å²) in [6.07, 6.45) is 0.271. The molecule has 7 nitrogen and oxygen atoms in total. The number of nitrogens with one attached hydrogen (secondary N) is 1. The molecule has 0 heterocycles. The van der Waals surface area contributed by atoms with Gasteiger partial charge >= 0.3 is 0 Å². The molecule has 0 aliphatic rings. The van der Waals surface area contributed by atoms with E-state index < -0.39 is 28.5 Å². The third kappa shape index (κ3) is 8.12. The minimum absolute atomic E-state index is 0.0730. The van der Waals surface area contributed by atoms with Crippen LogP contribution in [0, 0.1) is 13.8 Å². The van der Waals surface area contributed by atoms with E-state index in [0.717, 1.165) is 31.0 Å². The van der Waals surface area contributed by atoms with Gasteiger partial charge in [0.2, 0.25) is 11.8 Å². The summed E-state index contributed by atoms with van der Waals surface area (Å²) in [6, 6.07) is 29.6. The van der Waals surface area contributed by atoms with E-state index in [0.29, 0.717) is 12.2 Å². The van der Waals surface area contributed by atoms with Gasteiger partial charge in [-0.25, -0.2) is 8.42 Å². The molecular weight excluding hydrogens is 626 g/mol. The molecule has 4 rings (SSSR count). The van der Waals surface area contributed by atoms with E-state index >= 15 is 0 Å². The van der Waals surface area contributed by atoms with Crippen LogP contribution in [-0.4, -0.2) is 44.3 Å². The highest BCUT2D eigenvalue weighted by Crippen LogP contribution is 2.27. The highest BCUT2D eigenvalue weighted by Gasteiger charge is 2.34. The molecule has 0 bridgehead atoms. The summed E-state index contributed by atoms with van der Waals surface area (Å²) in [5.74, 6) is -0.793. The molecule has 43 heavy (non-hydrogen) atoms. The van der Waals surface area contributed by atoms with Gasteiger partial charge in [-0.05, 0) is 73.9 Å². The van der Waals surface area contributed by atoms with E-state index in [2.05, 4.69) is 21.2 Å². The van der Waals surface area contributed by atoms with Crippen molar-refractivity contribution >= 4 is 43.5 Å².